The molecule has 3 amide bonds. The number of ether oxygens (including phenoxy) is 3. The van der Waals surface area contributed by atoms with Crippen LogP contribution in [0.25, 0.3) is 0 Å². The van der Waals surface area contributed by atoms with Crippen molar-refractivity contribution >= 4 is 29.7 Å². The molecule has 1 atom stereocenters. The first-order chi connectivity index (χ1) is 36.8. The number of esters is 2. The van der Waals surface area contributed by atoms with Gasteiger partial charge < -0.3 is 30.2 Å². The lowest BCUT2D eigenvalue weighted by molar-refractivity contribution is -0.152. The number of carbonyl (C=O) groups excluding carboxylic acids is 5. The molecule has 1 unspecified atom stereocenters. The van der Waals surface area contributed by atoms with Gasteiger partial charge in [0.05, 0.1) is 32.2 Å². The minimum Gasteiger partial charge on any atom is -0.464 e. The molecule has 0 rings (SSSR count). The van der Waals surface area contributed by atoms with E-state index in [4.69, 9.17) is 14.2 Å². The van der Waals surface area contributed by atoms with Gasteiger partial charge in [0.15, 0.2) is 0 Å². The Bertz CT molecular complexity index is 1270. The Morgan fingerprint density at radius 1 is 0.307 bits per heavy atom. The van der Waals surface area contributed by atoms with Gasteiger partial charge in [-0.1, -0.05) is 278 Å². The average Bonchev–Trinajstić information content (AvgIpc) is 3.40. The molecule has 0 aromatic carbocycles. The molecule has 0 spiro atoms. The lowest BCUT2D eigenvalue weighted by Gasteiger charge is -2.17. The summed E-state index contributed by atoms with van der Waals surface area (Å²) in [4.78, 5) is 63.2. The van der Waals surface area contributed by atoms with Crippen molar-refractivity contribution in [1.82, 2.24) is 16.0 Å². The van der Waals surface area contributed by atoms with Gasteiger partial charge in [0, 0.05) is 32.2 Å². The first-order valence-electron chi connectivity index (χ1n) is 32.5. The van der Waals surface area contributed by atoms with E-state index < -0.39 is 17.9 Å². The lowest BCUT2D eigenvalue weighted by Crippen LogP contribution is -2.31. The van der Waals surface area contributed by atoms with Crippen LogP contribution in [0.1, 0.15) is 329 Å². The molecule has 3 N–H and O–H groups in total. The van der Waals surface area contributed by atoms with E-state index in [1.807, 2.05) is 0 Å². The van der Waals surface area contributed by atoms with E-state index in [-0.39, 0.29) is 70.1 Å². The maximum Gasteiger partial charge on any atom is 0.311 e. The Labute approximate surface area is 463 Å². The van der Waals surface area contributed by atoms with Crippen LogP contribution in [0.3, 0.4) is 0 Å². The maximum atomic E-state index is 13.2. The molecule has 442 valence electrons. The maximum absolute atomic E-state index is 13.2. The van der Waals surface area contributed by atoms with Gasteiger partial charge in [-0.2, -0.15) is 0 Å². The van der Waals surface area contributed by atoms with Crippen molar-refractivity contribution in [2.24, 2.45) is 5.92 Å². The second-order valence-electron chi connectivity index (χ2n) is 22.1. The zero-order valence-electron chi connectivity index (χ0n) is 49.7. The van der Waals surface area contributed by atoms with Crippen LogP contribution in [0.4, 0.5) is 0 Å². The molecule has 11 nitrogen and oxygen atoms in total. The topological polar surface area (TPSA) is 149 Å². The molecule has 0 aromatic heterocycles. The summed E-state index contributed by atoms with van der Waals surface area (Å²) in [5.41, 5.74) is 0. The fourth-order valence-electron chi connectivity index (χ4n) is 9.82. The Balaban J connectivity index is 4.42. The number of hydrogen-bond donors (Lipinski definition) is 3. The van der Waals surface area contributed by atoms with Gasteiger partial charge in [-0.25, -0.2) is 0 Å². The summed E-state index contributed by atoms with van der Waals surface area (Å²) in [6, 6.07) is 0. The molecule has 0 aliphatic heterocycles. The lowest BCUT2D eigenvalue weighted by atomic mass is 10.0. The molecule has 11 heteroatoms. The van der Waals surface area contributed by atoms with Gasteiger partial charge in [0.1, 0.15) is 13.2 Å². The highest BCUT2D eigenvalue weighted by Gasteiger charge is 2.22. The quantitative estimate of drug-likeness (QED) is 0.0403. The number of rotatable bonds is 61. The molecule has 0 bridgehead atoms. The number of carbonyl (C=O) groups is 5. The third-order valence-electron chi connectivity index (χ3n) is 14.8. The number of nitrogens with one attached hydrogen (secondary N) is 3. The van der Waals surface area contributed by atoms with Crippen LogP contribution < -0.4 is 16.0 Å². The van der Waals surface area contributed by atoms with Crippen LogP contribution in [0, 0.1) is 5.92 Å². The van der Waals surface area contributed by atoms with Crippen molar-refractivity contribution in [2.45, 2.75) is 329 Å². The molecule has 0 radical (unpaired) electrons. The van der Waals surface area contributed by atoms with Crippen LogP contribution in [0.5, 0.6) is 0 Å². The number of hydrogen-bond acceptors (Lipinski definition) is 8. The van der Waals surface area contributed by atoms with Crippen molar-refractivity contribution in [3.63, 3.8) is 0 Å². The van der Waals surface area contributed by atoms with E-state index in [1.54, 1.807) is 0 Å². The van der Waals surface area contributed by atoms with E-state index in [9.17, 15) is 24.0 Å². The first kappa shape index (κ1) is 72.3. The highest BCUT2D eigenvalue weighted by atomic mass is 16.5. The molecule has 0 saturated carbocycles. The largest absolute Gasteiger partial charge is 0.464 e. The zero-order chi connectivity index (χ0) is 54.6. The summed E-state index contributed by atoms with van der Waals surface area (Å²) in [6.45, 7) is 7.93. The second kappa shape index (κ2) is 60.5. The van der Waals surface area contributed by atoms with Crippen molar-refractivity contribution in [1.29, 1.82) is 0 Å². The predicted molar refractivity (Wildman–Crippen MR) is 314 cm³/mol. The molecule has 0 aromatic rings. The summed E-state index contributed by atoms with van der Waals surface area (Å²) >= 11 is 0. The van der Waals surface area contributed by atoms with Crippen molar-refractivity contribution in [2.75, 3.05) is 46.1 Å². The van der Waals surface area contributed by atoms with Gasteiger partial charge in [0.2, 0.25) is 17.7 Å². The summed E-state index contributed by atoms with van der Waals surface area (Å²) in [6.07, 6.45) is 56.4. The van der Waals surface area contributed by atoms with Gasteiger partial charge in [-0.05, 0) is 25.7 Å². The molecule has 0 aliphatic carbocycles. The summed E-state index contributed by atoms with van der Waals surface area (Å²) in [5, 5.41) is 8.64. The van der Waals surface area contributed by atoms with Crippen molar-refractivity contribution in [3.05, 3.63) is 0 Å². The van der Waals surface area contributed by atoms with Crippen LogP contribution >= 0.6 is 0 Å². The van der Waals surface area contributed by atoms with E-state index in [0.29, 0.717) is 25.8 Å². The molecule has 0 heterocycles. The third-order valence-corrected chi connectivity index (χ3v) is 14.8. The fraction of sp³-hybridized carbons (Fsp3) is 0.922. The van der Waals surface area contributed by atoms with Crippen LogP contribution in [-0.2, 0) is 38.2 Å². The Kier molecular flexibility index (Phi) is 58.4. The molecule has 0 fully saturated rings. The average molecular weight is 1060 g/mol. The summed E-state index contributed by atoms with van der Waals surface area (Å²) < 4.78 is 16.7. The molecular weight excluding hydrogens is 939 g/mol. The molecule has 0 aliphatic rings. The summed E-state index contributed by atoms with van der Waals surface area (Å²) in [7, 11) is 0. The second-order valence-corrected chi connectivity index (χ2v) is 22.1. The third kappa shape index (κ3) is 57.3. The molecule has 0 saturated heterocycles. The van der Waals surface area contributed by atoms with Crippen LogP contribution in [0.15, 0.2) is 0 Å². The monoisotopic (exact) mass is 1060 g/mol. The van der Waals surface area contributed by atoms with E-state index in [1.165, 1.54) is 225 Å². The van der Waals surface area contributed by atoms with E-state index in [0.717, 1.165) is 51.4 Å². The van der Waals surface area contributed by atoms with Crippen molar-refractivity contribution in [3.8, 4) is 0 Å². The Morgan fingerprint density at radius 3 is 0.853 bits per heavy atom. The first-order valence-corrected chi connectivity index (χ1v) is 32.5. The summed E-state index contributed by atoms with van der Waals surface area (Å²) in [5.74, 6) is -1.75. The SMILES string of the molecule is CCCCCCCCCCCCCCCCCC(=O)NCCOCC(CCC(=O)OCCNC(=O)CCCCCCCCCCCCCCCCC)C(=O)OCCNC(=O)CCCCCCCCCCCCCCC. The Morgan fingerprint density at radius 2 is 0.560 bits per heavy atom. The fourth-order valence-corrected chi connectivity index (χ4v) is 9.82. The minimum atomic E-state index is -0.718. The zero-order valence-corrected chi connectivity index (χ0v) is 49.7. The highest BCUT2D eigenvalue weighted by molar-refractivity contribution is 5.77. The standard InChI is InChI=1S/C64H123N3O8/c1-4-7-10-13-16-19-22-25-27-30-33-36-38-41-44-47-60(68)65-52-55-73-58-59(64(72)75-57-54-67-62(70)49-46-43-40-35-32-29-24-21-18-15-12-9-6-3)50-51-63(71)74-56-53-66-61(69)48-45-42-39-37-34-31-28-26-23-20-17-14-11-8-5-2/h59H,4-58H2,1-3H3,(H,65,68)(H,66,69)(H,67,70). The van der Waals surface area contributed by atoms with Gasteiger partial charge >= 0.3 is 11.9 Å². The van der Waals surface area contributed by atoms with E-state index in [2.05, 4.69) is 36.7 Å². The smallest absolute Gasteiger partial charge is 0.311 e. The minimum absolute atomic E-state index is 0.00402. The number of unbranched alkanes of at least 4 members (excludes halogenated alkanes) is 40. The number of amides is 3. The highest BCUT2D eigenvalue weighted by Crippen LogP contribution is 2.17. The normalized spacial score (nSPS) is 11.7. The molecule has 75 heavy (non-hydrogen) atoms. The van der Waals surface area contributed by atoms with E-state index >= 15 is 0 Å². The van der Waals surface area contributed by atoms with Crippen molar-refractivity contribution < 1.29 is 38.2 Å². The van der Waals surface area contributed by atoms with Crippen LogP contribution in [0.2, 0.25) is 0 Å². The van der Waals surface area contributed by atoms with Gasteiger partial charge in [-0.15, -0.1) is 0 Å². The van der Waals surface area contributed by atoms with Crippen LogP contribution in [-0.4, -0.2) is 75.7 Å². The Hall–Kier alpha value is -2.69. The van der Waals surface area contributed by atoms with Gasteiger partial charge in [-0.3, -0.25) is 24.0 Å². The van der Waals surface area contributed by atoms with Gasteiger partial charge in [0.25, 0.3) is 0 Å². The predicted octanol–water partition coefficient (Wildman–Crippen LogP) is 16.8. The molecular formula is C64H123N3O8.